The van der Waals surface area contributed by atoms with E-state index in [-0.39, 0.29) is 5.78 Å². The predicted molar refractivity (Wildman–Crippen MR) is 137 cm³/mol. The van der Waals surface area contributed by atoms with E-state index in [0.717, 1.165) is 55.0 Å². The van der Waals surface area contributed by atoms with Crippen molar-refractivity contribution < 1.29 is 14.3 Å². The highest BCUT2D eigenvalue weighted by atomic mass is 16.5. The molecule has 0 spiro atoms. The molecule has 1 fully saturated rings. The summed E-state index contributed by atoms with van der Waals surface area (Å²) in [6.07, 6.45) is 4.93. The van der Waals surface area contributed by atoms with Crippen LogP contribution in [0.3, 0.4) is 0 Å². The van der Waals surface area contributed by atoms with Gasteiger partial charge in [0, 0.05) is 32.7 Å². The Morgan fingerprint density at radius 1 is 0.943 bits per heavy atom. The maximum absolute atomic E-state index is 13.3. The zero-order valence-electron chi connectivity index (χ0n) is 19.6. The lowest BCUT2D eigenvalue weighted by Gasteiger charge is -2.28. The normalized spacial score (nSPS) is 18.2. The Kier molecular flexibility index (Phi) is 5.94. The van der Waals surface area contributed by atoms with Gasteiger partial charge >= 0.3 is 0 Å². The summed E-state index contributed by atoms with van der Waals surface area (Å²) in [5.41, 5.74) is 6.14. The minimum atomic E-state index is -0.0681. The Bertz CT molecular complexity index is 1320. The number of nitrogens with zero attached hydrogens (tertiary/aromatic N) is 1. The quantitative estimate of drug-likeness (QED) is 0.533. The lowest BCUT2D eigenvalue weighted by molar-refractivity contribution is 0.101. The molecule has 3 aromatic rings. The van der Waals surface area contributed by atoms with Crippen molar-refractivity contribution in [3.05, 3.63) is 112 Å². The van der Waals surface area contributed by atoms with Gasteiger partial charge in [0.2, 0.25) is 5.78 Å². The average molecular weight is 465 g/mol. The first-order valence-corrected chi connectivity index (χ1v) is 12.2. The van der Waals surface area contributed by atoms with Crippen molar-refractivity contribution in [3.63, 3.8) is 0 Å². The molecule has 5 nitrogen and oxygen atoms in total. The molecular formula is C30H28N2O3. The Labute approximate surface area is 205 Å². The van der Waals surface area contributed by atoms with Crippen LogP contribution in [0.15, 0.2) is 84.6 Å². The van der Waals surface area contributed by atoms with Gasteiger partial charge in [-0.05, 0) is 46.9 Å². The van der Waals surface area contributed by atoms with Gasteiger partial charge in [0.25, 0.3) is 0 Å². The van der Waals surface area contributed by atoms with E-state index in [1.165, 1.54) is 11.1 Å². The van der Waals surface area contributed by atoms with E-state index >= 15 is 0 Å². The van der Waals surface area contributed by atoms with Gasteiger partial charge in [0.1, 0.15) is 18.1 Å². The molecule has 0 amide bonds. The number of ketones is 1. The number of carbonyl (C=O) groups is 1. The van der Waals surface area contributed by atoms with Crippen LogP contribution in [0.1, 0.15) is 32.6 Å². The molecule has 35 heavy (non-hydrogen) atoms. The summed E-state index contributed by atoms with van der Waals surface area (Å²) in [6.45, 7) is 4.95. The molecule has 176 valence electrons. The summed E-state index contributed by atoms with van der Waals surface area (Å²) in [5, 5.41) is 3.40. The largest absolute Gasteiger partial charge is 0.488 e. The van der Waals surface area contributed by atoms with E-state index in [1.54, 1.807) is 0 Å². The van der Waals surface area contributed by atoms with Crippen molar-refractivity contribution in [2.45, 2.75) is 19.6 Å². The maximum Gasteiger partial charge on any atom is 0.231 e. The Morgan fingerprint density at radius 3 is 2.60 bits per heavy atom. The summed E-state index contributed by atoms with van der Waals surface area (Å²) < 4.78 is 12.6. The second-order valence-electron chi connectivity index (χ2n) is 9.18. The van der Waals surface area contributed by atoms with E-state index < -0.39 is 0 Å². The second kappa shape index (κ2) is 9.53. The van der Waals surface area contributed by atoms with E-state index in [4.69, 9.17) is 9.47 Å². The van der Waals surface area contributed by atoms with Gasteiger partial charge in [0.15, 0.2) is 5.76 Å². The molecule has 5 heteroatoms. The average Bonchev–Trinajstić information content (AvgIpc) is 3.46. The molecule has 6 rings (SSSR count). The molecule has 3 aromatic carbocycles. The van der Waals surface area contributed by atoms with Crippen molar-refractivity contribution in [3.8, 4) is 11.5 Å². The Hall–Kier alpha value is -3.67. The van der Waals surface area contributed by atoms with Crippen molar-refractivity contribution >= 4 is 11.4 Å². The third kappa shape index (κ3) is 4.41. The third-order valence-corrected chi connectivity index (χ3v) is 6.88. The first-order valence-electron chi connectivity index (χ1n) is 12.2. The van der Waals surface area contributed by atoms with Crippen molar-refractivity contribution in [1.82, 2.24) is 10.2 Å². The summed E-state index contributed by atoms with van der Waals surface area (Å²) >= 11 is 0. The molecule has 1 aliphatic carbocycles. The number of carbonyl (C=O) groups excluding carboxylic acids is 1. The highest BCUT2D eigenvalue weighted by Crippen LogP contribution is 2.41. The van der Waals surface area contributed by atoms with Gasteiger partial charge in [-0.3, -0.25) is 9.69 Å². The second-order valence-corrected chi connectivity index (χ2v) is 9.18. The molecule has 0 aromatic heterocycles. The van der Waals surface area contributed by atoms with Crippen LogP contribution in [0.4, 0.5) is 0 Å². The lowest BCUT2D eigenvalue weighted by Crippen LogP contribution is -2.43. The smallest absolute Gasteiger partial charge is 0.231 e. The third-order valence-electron chi connectivity index (χ3n) is 6.88. The van der Waals surface area contributed by atoms with Crippen LogP contribution < -0.4 is 14.8 Å². The standard InChI is InChI=1S/C30H28N2O3/c33-29-25-12-13-27(34-20-21-6-2-1-3-7-21)26(19-32-16-14-31-15-17-32)30(25)35-28(29)18-23-11-10-22-8-4-5-9-24(22)23/h1-9,11-13,18,31H,10,14-17,19-20H2/b28-18-. The first-order chi connectivity index (χ1) is 17.3. The van der Waals surface area contributed by atoms with Crippen LogP contribution in [-0.4, -0.2) is 36.9 Å². The summed E-state index contributed by atoms with van der Waals surface area (Å²) in [7, 11) is 0. The minimum absolute atomic E-state index is 0.0681. The SMILES string of the molecule is O=C1/C(=C/C2=CCc3ccccc32)Oc2c1ccc(OCc1ccccc1)c2CN1CCNCC1. The fraction of sp³-hybridized carbons (Fsp3) is 0.233. The number of benzene rings is 3. The van der Waals surface area contributed by atoms with Crippen LogP contribution in [0.5, 0.6) is 11.5 Å². The molecule has 0 radical (unpaired) electrons. The molecule has 2 heterocycles. The summed E-state index contributed by atoms with van der Waals surface area (Å²) in [4.78, 5) is 15.7. The maximum atomic E-state index is 13.3. The van der Waals surface area contributed by atoms with Crippen LogP contribution in [-0.2, 0) is 19.6 Å². The fourth-order valence-electron chi connectivity index (χ4n) is 4.99. The Balaban J connectivity index is 1.32. The zero-order valence-corrected chi connectivity index (χ0v) is 19.6. The van der Waals surface area contributed by atoms with Gasteiger partial charge < -0.3 is 14.8 Å². The summed E-state index contributed by atoms with van der Waals surface area (Å²) in [6, 6.07) is 22.2. The fourth-order valence-corrected chi connectivity index (χ4v) is 4.99. The van der Waals surface area contributed by atoms with Gasteiger partial charge in [-0.2, -0.15) is 0 Å². The molecule has 2 aliphatic heterocycles. The van der Waals surface area contributed by atoms with E-state index in [9.17, 15) is 4.79 Å². The highest BCUT2D eigenvalue weighted by molar-refractivity contribution is 6.14. The van der Waals surface area contributed by atoms with Crippen LogP contribution >= 0.6 is 0 Å². The van der Waals surface area contributed by atoms with Gasteiger partial charge in [-0.25, -0.2) is 0 Å². The van der Waals surface area contributed by atoms with Crippen molar-refractivity contribution in [2.75, 3.05) is 26.2 Å². The number of hydrogen-bond donors (Lipinski definition) is 1. The van der Waals surface area contributed by atoms with Crippen LogP contribution in [0.2, 0.25) is 0 Å². The lowest BCUT2D eigenvalue weighted by atomic mass is 10.0. The minimum Gasteiger partial charge on any atom is -0.488 e. The van der Waals surface area contributed by atoms with Gasteiger partial charge in [-0.15, -0.1) is 0 Å². The molecular weight excluding hydrogens is 436 g/mol. The number of nitrogens with one attached hydrogen (secondary N) is 1. The van der Waals surface area contributed by atoms with E-state index in [0.29, 0.717) is 30.2 Å². The van der Waals surface area contributed by atoms with Crippen LogP contribution in [0.25, 0.3) is 5.57 Å². The number of Topliss-reactive ketones (excluding diaryl/α,β-unsaturated/α-hetero) is 1. The highest BCUT2D eigenvalue weighted by Gasteiger charge is 2.33. The molecule has 1 N–H and O–H groups in total. The molecule has 0 saturated carbocycles. The van der Waals surface area contributed by atoms with Crippen LogP contribution in [0, 0.1) is 0 Å². The van der Waals surface area contributed by atoms with Crippen molar-refractivity contribution in [2.24, 2.45) is 0 Å². The van der Waals surface area contributed by atoms with Gasteiger partial charge in [0.05, 0.1) is 11.1 Å². The molecule has 0 atom stereocenters. The predicted octanol–water partition coefficient (Wildman–Crippen LogP) is 4.77. The number of hydrogen-bond acceptors (Lipinski definition) is 5. The monoisotopic (exact) mass is 464 g/mol. The van der Waals surface area contributed by atoms with E-state index in [1.807, 2.05) is 42.5 Å². The number of rotatable bonds is 6. The Morgan fingerprint density at radius 2 is 1.74 bits per heavy atom. The number of allylic oxidation sites excluding steroid dienone is 4. The number of ether oxygens (including phenoxy) is 2. The van der Waals surface area contributed by atoms with Gasteiger partial charge in [-0.1, -0.05) is 60.7 Å². The summed E-state index contributed by atoms with van der Waals surface area (Å²) in [5.74, 6) is 1.72. The number of piperazine rings is 1. The van der Waals surface area contributed by atoms with E-state index in [2.05, 4.69) is 46.6 Å². The first kappa shape index (κ1) is 21.8. The zero-order chi connectivity index (χ0) is 23.6. The molecule has 0 bridgehead atoms. The number of fused-ring (bicyclic) bond motifs is 2. The molecule has 0 unspecified atom stereocenters. The van der Waals surface area contributed by atoms with Crippen molar-refractivity contribution in [1.29, 1.82) is 0 Å². The molecule has 3 aliphatic rings. The topological polar surface area (TPSA) is 50.8 Å². The molecule has 1 saturated heterocycles.